The highest BCUT2D eigenvalue weighted by Crippen LogP contribution is 2.29. The summed E-state index contributed by atoms with van der Waals surface area (Å²) >= 11 is 0. The zero-order valence-corrected chi connectivity index (χ0v) is 11.2. The number of carboxylic acid groups (broad SMARTS) is 1. The van der Waals surface area contributed by atoms with Crippen LogP contribution in [0.5, 0.6) is 0 Å². The first-order valence-electron chi connectivity index (χ1n) is 6.53. The maximum atomic E-state index is 11.7. The number of hydrogen-bond acceptors (Lipinski definition) is 3. The van der Waals surface area contributed by atoms with Gasteiger partial charge < -0.3 is 9.84 Å². The Balaban J connectivity index is 2.96. The van der Waals surface area contributed by atoms with Crippen molar-refractivity contribution in [1.82, 2.24) is 4.90 Å². The topological polar surface area (TPSA) is 49.8 Å². The Bertz CT molecular complexity index is 247. The molecule has 4 heteroatoms. The summed E-state index contributed by atoms with van der Waals surface area (Å²) < 4.78 is 5.20. The van der Waals surface area contributed by atoms with E-state index in [1.807, 2.05) is 13.8 Å². The van der Waals surface area contributed by atoms with E-state index in [0.717, 1.165) is 25.9 Å². The number of likely N-dealkylation sites (tertiary alicyclic amines) is 1. The van der Waals surface area contributed by atoms with Crippen molar-refractivity contribution >= 4 is 5.97 Å². The predicted octanol–water partition coefficient (Wildman–Crippen LogP) is 1.99. The summed E-state index contributed by atoms with van der Waals surface area (Å²) in [7, 11) is 1.58. The second-order valence-corrected chi connectivity index (χ2v) is 5.22. The first-order chi connectivity index (χ1) is 8.05. The van der Waals surface area contributed by atoms with E-state index in [2.05, 4.69) is 4.90 Å². The third kappa shape index (κ3) is 2.99. The zero-order chi connectivity index (χ0) is 12.9. The lowest BCUT2D eigenvalue weighted by Crippen LogP contribution is -2.61. The van der Waals surface area contributed by atoms with Crippen LogP contribution in [0.25, 0.3) is 0 Å². The first-order valence-corrected chi connectivity index (χ1v) is 6.53. The molecule has 0 saturated carbocycles. The molecule has 0 radical (unpaired) electrons. The van der Waals surface area contributed by atoms with Crippen molar-refractivity contribution in [2.75, 3.05) is 26.8 Å². The lowest BCUT2D eigenvalue weighted by Gasteiger charge is -2.42. The summed E-state index contributed by atoms with van der Waals surface area (Å²) in [4.78, 5) is 13.9. The summed E-state index contributed by atoms with van der Waals surface area (Å²) in [5.41, 5.74) is -0.862. The molecule has 4 nitrogen and oxygen atoms in total. The van der Waals surface area contributed by atoms with E-state index in [9.17, 15) is 9.90 Å². The Kier molecular flexibility index (Phi) is 5.40. The van der Waals surface area contributed by atoms with Gasteiger partial charge in [0, 0.05) is 7.11 Å². The van der Waals surface area contributed by atoms with Crippen LogP contribution >= 0.6 is 0 Å². The van der Waals surface area contributed by atoms with Crippen LogP contribution in [-0.4, -0.2) is 48.3 Å². The zero-order valence-electron chi connectivity index (χ0n) is 11.2. The van der Waals surface area contributed by atoms with E-state index < -0.39 is 11.5 Å². The standard InChI is InChI=1S/C13H25NO3/c1-11(2)13(10-17-3,12(15)16)14-8-6-4-5-7-9-14/h11H,4-10H2,1-3H3,(H,15,16). The van der Waals surface area contributed by atoms with Gasteiger partial charge in [-0.2, -0.15) is 0 Å². The van der Waals surface area contributed by atoms with Crippen molar-refractivity contribution in [2.24, 2.45) is 5.92 Å². The van der Waals surface area contributed by atoms with Crippen LogP contribution in [0, 0.1) is 5.92 Å². The number of hydrogen-bond donors (Lipinski definition) is 1. The van der Waals surface area contributed by atoms with Crippen molar-refractivity contribution in [1.29, 1.82) is 0 Å². The summed E-state index contributed by atoms with van der Waals surface area (Å²) in [6.45, 7) is 5.94. The van der Waals surface area contributed by atoms with Crippen LogP contribution in [0.3, 0.4) is 0 Å². The van der Waals surface area contributed by atoms with Crippen LogP contribution in [-0.2, 0) is 9.53 Å². The maximum Gasteiger partial charge on any atom is 0.326 e. The molecule has 17 heavy (non-hydrogen) atoms. The van der Waals surface area contributed by atoms with Crippen LogP contribution in [0.4, 0.5) is 0 Å². The molecule has 1 aliphatic heterocycles. The minimum Gasteiger partial charge on any atom is -0.480 e. The maximum absolute atomic E-state index is 11.7. The van der Waals surface area contributed by atoms with E-state index >= 15 is 0 Å². The predicted molar refractivity (Wildman–Crippen MR) is 67.1 cm³/mol. The van der Waals surface area contributed by atoms with Gasteiger partial charge >= 0.3 is 5.97 Å². The van der Waals surface area contributed by atoms with Gasteiger partial charge in [0.15, 0.2) is 0 Å². The van der Waals surface area contributed by atoms with Crippen molar-refractivity contribution in [3.8, 4) is 0 Å². The molecule has 0 spiro atoms. The Morgan fingerprint density at radius 3 is 2.18 bits per heavy atom. The molecule has 1 fully saturated rings. The number of aliphatic carboxylic acids is 1. The number of carbonyl (C=O) groups is 1. The average Bonchev–Trinajstić information content (AvgIpc) is 2.53. The van der Waals surface area contributed by atoms with Crippen LogP contribution < -0.4 is 0 Å². The van der Waals surface area contributed by atoms with Crippen molar-refractivity contribution in [3.05, 3.63) is 0 Å². The van der Waals surface area contributed by atoms with E-state index in [0.29, 0.717) is 0 Å². The third-order valence-corrected chi connectivity index (χ3v) is 3.86. The van der Waals surface area contributed by atoms with Crippen molar-refractivity contribution < 1.29 is 14.6 Å². The lowest BCUT2D eigenvalue weighted by molar-refractivity contribution is -0.160. The molecule has 1 saturated heterocycles. The molecule has 1 N–H and O–H groups in total. The second kappa shape index (κ2) is 6.36. The van der Waals surface area contributed by atoms with Crippen LogP contribution in [0.15, 0.2) is 0 Å². The normalized spacial score (nSPS) is 22.1. The molecule has 0 aromatic heterocycles. The van der Waals surface area contributed by atoms with Crippen LogP contribution in [0.2, 0.25) is 0 Å². The van der Waals surface area contributed by atoms with Gasteiger partial charge in [-0.15, -0.1) is 0 Å². The molecule has 0 aromatic carbocycles. The van der Waals surface area contributed by atoms with E-state index in [1.54, 1.807) is 7.11 Å². The number of ether oxygens (including phenoxy) is 1. The fourth-order valence-electron chi connectivity index (χ4n) is 2.76. The third-order valence-electron chi connectivity index (χ3n) is 3.86. The SMILES string of the molecule is COCC(C(=O)O)(C(C)C)N1CCCCCC1. The number of nitrogens with zero attached hydrogens (tertiary/aromatic N) is 1. The smallest absolute Gasteiger partial charge is 0.326 e. The number of rotatable bonds is 5. The largest absolute Gasteiger partial charge is 0.480 e. The minimum absolute atomic E-state index is 0.0399. The Labute approximate surface area is 104 Å². The molecule has 1 unspecified atom stereocenters. The molecule has 1 atom stereocenters. The van der Waals surface area contributed by atoms with E-state index in [1.165, 1.54) is 12.8 Å². The molecule has 0 aliphatic carbocycles. The lowest BCUT2D eigenvalue weighted by atomic mass is 9.85. The molecular formula is C13H25NO3. The summed E-state index contributed by atoms with van der Waals surface area (Å²) in [5.74, 6) is -0.714. The molecule has 0 amide bonds. The highest BCUT2D eigenvalue weighted by Gasteiger charge is 2.47. The molecule has 0 bridgehead atoms. The molecular weight excluding hydrogens is 218 g/mol. The van der Waals surface area contributed by atoms with E-state index in [4.69, 9.17) is 4.74 Å². The fraction of sp³-hybridized carbons (Fsp3) is 0.923. The van der Waals surface area contributed by atoms with Crippen molar-refractivity contribution in [3.63, 3.8) is 0 Å². The quantitative estimate of drug-likeness (QED) is 0.802. The van der Waals surface area contributed by atoms with Gasteiger partial charge in [-0.05, 0) is 31.8 Å². The average molecular weight is 243 g/mol. The summed E-state index contributed by atoms with van der Waals surface area (Å²) in [5, 5.41) is 9.65. The first kappa shape index (κ1) is 14.5. The fourth-order valence-corrected chi connectivity index (χ4v) is 2.76. The Morgan fingerprint density at radius 1 is 1.29 bits per heavy atom. The van der Waals surface area contributed by atoms with E-state index in [-0.39, 0.29) is 12.5 Å². The van der Waals surface area contributed by atoms with Gasteiger partial charge in [-0.25, -0.2) is 0 Å². The van der Waals surface area contributed by atoms with Gasteiger partial charge in [-0.1, -0.05) is 26.7 Å². The van der Waals surface area contributed by atoms with Crippen molar-refractivity contribution in [2.45, 2.75) is 45.1 Å². The van der Waals surface area contributed by atoms with Gasteiger partial charge in [0.2, 0.25) is 0 Å². The van der Waals surface area contributed by atoms with Gasteiger partial charge in [0.05, 0.1) is 6.61 Å². The highest BCUT2D eigenvalue weighted by molar-refractivity contribution is 5.79. The second-order valence-electron chi connectivity index (χ2n) is 5.22. The molecule has 0 aromatic rings. The Hall–Kier alpha value is -0.610. The number of carboxylic acids is 1. The van der Waals surface area contributed by atoms with Gasteiger partial charge in [0.1, 0.15) is 5.54 Å². The summed E-state index contributed by atoms with van der Waals surface area (Å²) in [6, 6.07) is 0. The Morgan fingerprint density at radius 2 is 1.82 bits per heavy atom. The monoisotopic (exact) mass is 243 g/mol. The minimum atomic E-state index is -0.862. The summed E-state index contributed by atoms with van der Waals surface area (Å²) in [6.07, 6.45) is 4.59. The van der Waals surface area contributed by atoms with Gasteiger partial charge in [0.25, 0.3) is 0 Å². The highest BCUT2D eigenvalue weighted by atomic mass is 16.5. The number of methoxy groups -OCH3 is 1. The van der Waals surface area contributed by atoms with Crippen LogP contribution in [0.1, 0.15) is 39.5 Å². The van der Waals surface area contributed by atoms with Gasteiger partial charge in [-0.3, -0.25) is 9.69 Å². The molecule has 1 aliphatic rings. The molecule has 1 heterocycles. The molecule has 100 valence electrons. The molecule has 1 rings (SSSR count).